The van der Waals surface area contributed by atoms with Crippen molar-refractivity contribution in [3.05, 3.63) is 84.7 Å². The van der Waals surface area contributed by atoms with Gasteiger partial charge in [-0.25, -0.2) is 14.4 Å². The van der Waals surface area contributed by atoms with Gasteiger partial charge >= 0.3 is 0 Å². The number of rotatable bonds is 6. The van der Waals surface area contributed by atoms with Gasteiger partial charge in [0.15, 0.2) is 5.16 Å². The summed E-state index contributed by atoms with van der Waals surface area (Å²) in [6.45, 7) is 0. The second-order valence-corrected chi connectivity index (χ2v) is 7.47. The molecule has 0 aliphatic carbocycles. The van der Waals surface area contributed by atoms with E-state index >= 15 is 0 Å². The third kappa shape index (κ3) is 4.60. The van der Waals surface area contributed by atoms with Crippen molar-refractivity contribution in [2.45, 2.75) is 10.1 Å². The third-order valence-electron chi connectivity index (χ3n) is 4.50. The summed E-state index contributed by atoms with van der Waals surface area (Å²) in [7, 11) is 3.28. The van der Waals surface area contributed by atoms with Crippen molar-refractivity contribution in [1.29, 1.82) is 0 Å². The predicted molar refractivity (Wildman–Crippen MR) is 117 cm³/mol. The first-order chi connectivity index (χ1) is 14.6. The Morgan fingerprint density at radius 2 is 1.13 bits per heavy atom. The van der Waals surface area contributed by atoms with Crippen LogP contribution in [-0.4, -0.2) is 24.2 Å². The molecular weight excluding hydrogens is 399 g/mol. The number of ether oxygens (including phenoxy) is 2. The van der Waals surface area contributed by atoms with Crippen LogP contribution in [0.4, 0.5) is 4.39 Å². The minimum Gasteiger partial charge on any atom is -0.497 e. The largest absolute Gasteiger partial charge is 0.497 e. The molecule has 4 rings (SSSR count). The molecule has 0 aliphatic heterocycles. The molecule has 0 saturated heterocycles. The van der Waals surface area contributed by atoms with Crippen molar-refractivity contribution in [1.82, 2.24) is 9.97 Å². The van der Waals surface area contributed by atoms with Gasteiger partial charge in [-0.1, -0.05) is 0 Å². The molecule has 30 heavy (non-hydrogen) atoms. The first kappa shape index (κ1) is 19.9. The summed E-state index contributed by atoms with van der Waals surface area (Å²) in [6, 6.07) is 23.7. The van der Waals surface area contributed by atoms with Gasteiger partial charge < -0.3 is 9.47 Å². The van der Waals surface area contributed by atoms with Gasteiger partial charge in [0.1, 0.15) is 17.3 Å². The summed E-state index contributed by atoms with van der Waals surface area (Å²) >= 11 is 1.39. The van der Waals surface area contributed by atoms with E-state index in [1.54, 1.807) is 26.4 Å². The van der Waals surface area contributed by atoms with E-state index in [0.717, 1.165) is 38.9 Å². The van der Waals surface area contributed by atoms with Crippen LogP contribution in [0.1, 0.15) is 0 Å². The number of halogens is 1. The Morgan fingerprint density at radius 1 is 0.667 bits per heavy atom. The zero-order chi connectivity index (χ0) is 20.9. The molecule has 0 spiro atoms. The first-order valence-corrected chi connectivity index (χ1v) is 10.1. The van der Waals surface area contributed by atoms with Gasteiger partial charge in [0.05, 0.1) is 25.6 Å². The summed E-state index contributed by atoms with van der Waals surface area (Å²) in [6.07, 6.45) is 0. The Hall–Kier alpha value is -3.38. The molecule has 0 bridgehead atoms. The average Bonchev–Trinajstić information content (AvgIpc) is 2.80. The fourth-order valence-corrected chi connectivity index (χ4v) is 3.67. The lowest BCUT2D eigenvalue weighted by atomic mass is 10.1. The normalized spacial score (nSPS) is 10.6. The fraction of sp³-hybridized carbons (Fsp3) is 0.0833. The van der Waals surface area contributed by atoms with Crippen molar-refractivity contribution >= 4 is 11.8 Å². The second-order valence-electron chi connectivity index (χ2n) is 6.43. The Labute approximate surface area is 178 Å². The van der Waals surface area contributed by atoms with Gasteiger partial charge in [-0.15, -0.1) is 0 Å². The quantitative estimate of drug-likeness (QED) is 0.353. The van der Waals surface area contributed by atoms with Crippen molar-refractivity contribution in [2.75, 3.05) is 14.2 Å². The highest BCUT2D eigenvalue weighted by Crippen LogP contribution is 2.31. The summed E-state index contributed by atoms with van der Waals surface area (Å²) in [5.74, 6) is 1.29. The summed E-state index contributed by atoms with van der Waals surface area (Å²) in [5.41, 5.74) is 3.49. The minimum atomic E-state index is -0.272. The molecule has 0 fully saturated rings. The van der Waals surface area contributed by atoms with Crippen LogP contribution < -0.4 is 9.47 Å². The lowest BCUT2D eigenvalue weighted by Gasteiger charge is -2.10. The number of methoxy groups -OCH3 is 2. The molecule has 0 atom stereocenters. The number of aromatic nitrogens is 2. The minimum absolute atomic E-state index is 0.272. The molecule has 150 valence electrons. The molecule has 0 amide bonds. The van der Waals surface area contributed by atoms with E-state index in [1.807, 2.05) is 54.6 Å². The molecule has 0 aliphatic rings. The fourth-order valence-electron chi connectivity index (χ4n) is 2.90. The maximum Gasteiger partial charge on any atom is 0.193 e. The van der Waals surface area contributed by atoms with Gasteiger partial charge in [0, 0.05) is 16.0 Å². The summed E-state index contributed by atoms with van der Waals surface area (Å²) in [4.78, 5) is 10.3. The second kappa shape index (κ2) is 8.97. The standard InChI is InChI=1S/C24H19FN2O2S/c1-28-19-9-3-16(4-10-19)22-15-23(17-5-11-20(29-2)12-6-17)27-24(26-22)30-21-13-7-18(25)8-14-21/h3-15H,1-2H3. The molecule has 0 unspecified atom stereocenters. The Balaban J connectivity index is 1.76. The van der Waals surface area contributed by atoms with Crippen LogP contribution in [0.2, 0.25) is 0 Å². The van der Waals surface area contributed by atoms with Gasteiger partial charge in [-0.3, -0.25) is 0 Å². The van der Waals surface area contributed by atoms with Crippen LogP contribution in [0.25, 0.3) is 22.5 Å². The highest BCUT2D eigenvalue weighted by molar-refractivity contribution is 7.99. The zero-order valence-electron chi connectivity index (χ0n) is 16.5. The molecule has 1 heterocycles. The lowest BCUT2D eigenvalue weighted by molar-refractivity contribution is 0.415. The topological polar surface area (TPSA) is 44.2 Å². The van der Waals surface area contributed by atoms with E-state index in [-0.39, 0.29) is 5.82 Å². The van der Waals surface area contributed by atoms with Crippen LogP contribution in [0.3, 0.4) is 0 Å². The van der Waals surface area contributed by atoms with Gasteiger partial charge in [-0.2, -0.15) is 0 Å². The van der Waals surface area contributed by atoms with Gasteiger partial charge in [0.2, 0.25) is 0 Å². The van der Waals surface area contributed by atoms with Crippen LogP contribution in [0, 0.1) is 5.82 Å². The predicted octanol–water partition coefficient (Wildman–Crippen LogP) is 6.12. The maximum atomic E-state index is 13.3. The van der Waals surface area contributed by atoms with Crippen LogP contribution >= 0.6 is 11.8 Å². The van der Waals surface area contributed by atoms with Crippen molar-refractivity contribution in [2.24, 2.45) is 0 Å². The molecular formula is C24H19FN2O2S. The number of hydrogen-bond donors (Lipinski definition) is 0. The maximum absolute atomic E-state index is 13.3. The SMILES string of the molecule is COc1ccc(-c2cc(-c3ccc(OC)cc3)nc(Sc3ccc(F)cc3)n2)cc1. The molecule has 0 saturated carbocycles. The molecule has 1 aromatic heterocycles. The van der Waals surface area contributed by atoms with Gasteiger partial charge in [0.25, 0.3) is 0 Å². The Kier molecular flexibility index (Phi) is 5.95. The zero-order valence-corrected chi connectivity index (χ0v) is 17.3. The van der Waals surface area contributed by atoms with E-state index in [9.17, 15) is 4.39 Å². The van der Waals surface area contributed by atoms with E-state index < -0.39 is 0 Å². The number of benzene rings is 3. The van der Waals surface area contributed by atoms with Gasteiger partial charge in [-0.05, 0) is 90.6 Å². The van der Waals surface area contributed by atoms with Crippen LogP contribution in [0.5, 0.6) is 11.5 Å². The van der Waals surface area contributed by atoms with Crippen LogP contribution in [-0.2, 0) is 0 Å². The molecule has 6 heteroatoms. The average molecular weight is 418 g/mol. The molecule has 0 radical (unpaired) electrons. The van der Waals surface area contributed by atoms with Crippen molar-refractivity contribution < 1.29 is 13.9 Å². The van der Waals surface area contributed by atoms with E-state index in [2.05, 4.69) is 0 Å². The monoisotopic (exact) mass is 418 g/mol. The first-order valence-electron chi connectivity index (χ1n) is 9.26. The molecule has 4 aromatic rings. The molecule has 4 nitrogen and oxygen atoms in total. The summed E-state index contributed by atoms with van der Waals surface area (Å²) < 4.78 is 23.8. The Bertz CT molecular complexity index is 1070. The number of nitrogens with zero attached hydrogens (tertiary/aromatic N) is 2. The smallest absolute Gasteiger partial charge is 0.193 e. The highest BCUT2D eigenvalue weighted by atomic mass is 32.2. The Morgan fingerprint density at radius 3 is 1.57 bits per heavy atom. The van der Waals surface area contributed by atoms with Crippen LogP contribution in [0.15, 0.2) is 88.9 Å². The molecule has 0 N–H and O–H groups in total. The molecule has 3 aromatic carbocycles. The van der Waals surface area contributed by atoms with E-state index in [1.165, 1.54) is 23.9 Å². The highest BCUT2D eigenvalue weighted by Gasteiger charge is 2.11. The lowest BCUT2D eigenvalue weighted by Crippen LogP contribution is -1.95. The van der Waals surface area contributed by atoms with E-state index in [4.69, 9.17) is 19.4 Å². The summed E-state index contributed by atoms with van der Waals surface area (Å²) in [5, 5.41) is 0.584. The van der Waals surface area contributed by atoms with Crippen molar-refractivity contribution in [3.63, 3.8) is 0 Å². The third-order valence-corrected chi connectivity index (χ3v) is 5.37. The van der Waals surface area contributed by atoms with E-state index in [0.29, 0.717) is 5.16 Å². The number of hydrogen-bond acceptors (Lipinski definition) is 5. The van der Waals surface area contributed by atoms with Crippen molar-refractivity contribution in [3.8, 4) is 34.0 Å².